The van der Waals surface area contributed by atoms with Gasteiger partial charge in [0, 0.05) is 0 Å². The molecule has 2 rings (SSSR count). The first-order valence-electron chi connectivity index (χ1n) is 5.26. The zero-order valence-corrected chi connectivity index (χ0v) is 9.97. The summed E-state index contributed by atoms with van der Waals surface area (Å²) in [5.41, 5.74) is 4.19. The molecule has 0 saturated heterocycles. The van der Waals surface area contributed by atoms with Gasteiger partial charge in [-0.1, -0.05) is 17.7 Å². The summed E-state index contributed by atoms with van der Waals surface area (Å²) in [4.78, 5) is 10.2. The Morgan fingerprint density at radius 2 is 1.82 bits per heavy atom. The summed E-state index contributed by atoms with van der Waals surface area (Å²) in [6.45, 7) is 5.97. The van der Waals surface area contributed by atoms with Gasteiger partial charge in [-0.3, -0.25) is 10.1 Å². The van der Waals surface area contributed by atoms with Crippen LogP contribution in [0.25, 0.3) is 5.69 Å². The molecule has 1 aromatic carbocycles. The molecule has 5 heteroatoms. The summed E-state index contributed by atoms with van der Waals surface area (Å²) in [5, 5.41) is 14.7. The number of nitro groups is 1. The van der Waals surface area contributed by atoms with Crippen LogP contribution in [0.4, 0.5) is 5.69 Å². The molecule has 0 atom stereocenters. The summed E-state index contributed by atoms with van der Waals surface area (Å²) in [6.07, 6.45) is 2.70. The summed E-state index contributed by atoms with van der Waals surface area (Å²) in [6, 6.07) is 4.08. The molecule has 0 aliphatic heterocycles. The van der Waals surface area contributed by atoms with Crippen LogP contribution in [0.15, 0.2) is 24.5 Å². The number of aryl methyl sites for hydroxylation is 3. The topological polar surface area (TPSA) is 61.0 Å². The molecule has 0 N–H and O–H groups in total. The minimum Gasteiger partial charge on any atom is -0.258 e. The molecule has 1 aromatic heterocycles. The van der Waals surface area contributed by atoms with Gasteiger partial charge < -0.3 is 0 Å². The molecule has 5 nitrogen and oxygen atoms in total. The molecule has 0 unspecified atom stereocenters. The molecule has 0 aliphatic rings. The van der Waals surface area contributed by atoms with E-state index in [-0.39, 0.29) is 5.69 Å². The molecular weight excluding hydrogens is 218 g/mol. The van der Waals surface area contributed by atoms with Crippen molar-refractivity contribution in [2.24, 2.45) is 0 Å². The van der Waals surface area contributed by atoms with E-state index < -0.39 is 4.92 Å². The first kappa shape index (κ1) is 11.3. The van der Waals surface area contributed by atoms with Crippen molar-refractivity contribution in [1.29, 1.82) is 0 Å². The highest BCUT2D eigenvalue weighted by atomic mass is 16.6. The van der Waals surface area contributed by atoms with Crippen LogP contribution < -0.4 is 0 Å². The van der Waals surface area contributed by atoms with Crippen molar-refractivity contribution in [3.05, 3.63) is 51.3 Å². The van der Waals surface area contributed by atoms with Crippen LogP contribution in [0.1, 0.15) is 16.7 Å². The quantitative estimate of drug-likeness (QED) is 0.589. The Bertz CT molecular complexity index is 564. The molecule has 0 saturated carbocycles. The second-order valence-electron chi connectivity index (χ2n) is 4.15. The minimum atomic E-state index is -0.442. The van der Waals surface area contributed by atoms with Crippen LogP contribution in [0.3, 0.4) is 0 Å². The van der Waals surface area contributed by atoms with E-state index in [1.165, 1.54) is 18.0 Å². The van der Waals surface area contributed by atoms with Crippen LogP contribution in [0.5, 0.6) is 0 Å². The standard InChI is InChI=1S/C12H13N3O2/c1-8-4-9(2)12(10(3)5-8)14-7-11(6-13-14)15(16)17/h4-7H,1-3H3. The lowest BCUT2D eigenvalue weighted by Gasteiger charge is -2.10. The predicted molar refractivity (Wildman–Crippen MR) is 64.4 cm³/mol. The summed E-state index contributed by atoms with van der Waals surface area (Å²) in [7, 11) is 0. The molecule has 0 aliphatic carbocycles. The Hall–Kier alpha value is -2.17. The van der Waals surface area contributed by atoms with E-state index in [4.69, 9.17) is 0 Å². The Kier molecular flexibility index (Phi) is 2.67. The van der Waals surface area contributed by atoms with Crippen LogP contribution in [-0.2, 0) is 0 Å². The third-order valence-electron chi connectivity index (χ3n) is 2.64. The van der Waals surface area contributed by atoms with Crippen LogP contribution >= 0.6 is 0 Å². The fourth-order valence-corrected chi connectivity index (χ4v) is 2.06. The minimum absolute atomic E-state index is 0.00405. The summed E-state index contributed by atoms with van der Waals surface area (Å²) >= 11 is 0. The number of nitrogens with zero attached hydrogens (tertiary/aromatic N) is 3. The van der Waals surface area contributed by atoms with Crippen LogP contribution in [-0.4, -0.2) is 14.7 Å². The third-order valence-corrected chi connectivity index (χ3v) is 2.64. The molecule has 17 heavy (non-hydrogen) atoms. The SMILES string of the molecule is Cc1cc(C)c(-n2cc([N+](=O)[O-])cn2)c(C)c1. The van der Waals surface area contributed by atoms with Crippen LogP contribution in [0.2, 0.25) is 0 Å². The van der Waals surface area contributed by atoms with Crippen molar-refractivity contribution in [1.82, 2.24) is 9.78 Å². The maximum Gasteiger partial charge on any atom is 0.307 e. The van der Waals surface area contributed by atoms with Crippen molar-refractivity contribution < 1.29 is 4.92 Å². The number of rotatable bonds is 2. The average Bonchev–Trinajstić information content (AvgIpc) is 2.65. The monoisotopic (exact) mass is 231 g/mol. The highest BCUT2D eigenvalue weighted by Gasteiger charge is 2.13. The first-order chi connectivity index (χ1) is 7.99. The molecule has 1 heterocycles. The molecule has 0 radical (unpaired) electrons. The van der Waals surface area contributed by atoms with Gasteiger partial charge in [0.2, 0.25) is 0 Å². The molecule has 88 valence electrons. The van der Waals surface area contributed by atoms with Gasteiger partial charge in [-0.2, -0.15) is 5.10 Å². The highest BCUT2D eigenvalue weighted by molar-refractivity contribution is 5.49. The van der Waals surface area contributed by atoms with Gasteiger partial charge in [-0.15, -0.1) is 0 Å². The van der Waals surface area contributed by atoms with E-state index in [9.17, 15) is 10.1 Å². The largest absolute Gasteiger partial charge is 0.307 e. The zero-order valence-electron chi connectivity index (χ0n) is 9.97. The van der Waals surface area contributed by atoms with E-state index >= 15 is 0 Å². The van der Waals surface area contributed by atoms with Crippen molar-refractivity contribution >= 4 is 5.69 Å². The van der Waals surface area contributed by atoms with Gasteiger partial charge in [0.05, 0.1) is 10.6 Å². The Balaban J connectivity index is 2.56. The first-order valence-corrected chi connectivity index (χ1v) is 5.26. The fourth-order valence-electron chi connectivity index (χ4n) is 2.06. The molecule has 0 bridgehead atoms. The van der Waals surface area contributed by atoms with Crippen molar-refractivity contribution in [3.8, 4) is 5.69 Å². The zero-order chi connectivity index (χ0) is 12.6. The second kappa shape index (κ2) is 4.01. The van der Waals surface area contributed by atoms with Crippen molar-refractivity contribution in [2.45, 2.75) is 20.8 Å². The molecule has 0 amide bonds. The normalized spacial score (nSPS) is 10.5. The maximum absolute atomic E-state index is 10.6. The maximum atomic E-state index is 10.6. The predicted octanol–water partition coefficient (Wildman–Crippen LogP) is 2.71. The van der Waals surface area contributed by atoms with Crippen molar-refractivity contribution in [2.75, 3.05) is 0 Å². The molecule has 0 spiro atoms. The van der Waals surface area contributed by atoms with Crippen LogP contribution in [0, 0.1) is 30.9 Å². The third kappa shape index (κ3) is 2.04. The average molecular weight is 231 g/mol. The Labute approximate surface area is 98.8 Å². The Morgan fingerprint density at radius 1 is 1.24 bits per heavy atom. The van der Waals surface area contributed by atoms with Gasteiger partial charge in [0.25, 0.3) is 0 Å². The molecule has 2 aromatic rings. The van der Waals surface area contributed by atoms with Gasteiger partial charge in [0.15, 0.2) is 0 Å². The van der Waals surface area contributed by atoms with Gasteiger partial charge in [-0.05, 0) is 31.9 Å². The number of hydrogen-bond acceptors (Lipinski definition) is 3. The molecular formula is C12H13N3O2. The van der Waals surface area contributed by atoms with E-state index in [0.717, 1.165) is 16.8 Å². The second-order valence-corrected chi connectivity index (χ2v) is 4.15. The number of benzene rings is 1. The fraction of sp³-hybridized carbons (Fsp3) is 0.250. The Morgan fingerprint density at radius 3 is 2.29 bits per heavy atom. The van der Waals surface area contributed by atoms with E-state index in [0.29, 0.717) is 0 Å². The highest BCUT2D eigenvalue weighted by Crippen LogP contribution is 2.22. The lowest BCUT2D eigenvalue weighted by atomic mass is 10.1. The molecule has 0 fully saturated rings. The van der Waals surface area contributed by atoms with E-state index in [1.807, 2.05) is 32.9 Å². The summed E-state index contributed by atoms with van der Waals surface area (Å²) in [5.74, 6) is 0. The lowest BCUT2D eigenvalue weighted by Crippen LogP contribution is -2.01. The number of aromatic nitrogens is 2. The van der Waals surface area contributed by atoms with Gasteiger partial charge in [-0.25, -0.2) is 4.68 Å². The van der Waals surface area contributed by atoms with E-state index in [2.05, 4.69) is 5.10 Å². The van der Waals surface area contributed by atoms with Gasteiger partial charge in [0.1, 0.15) is 12.4 Å². The number of hydrogen-bond donors (Lipinski definition) is 0. The van der Waals surface area contributed by atoms with E-state index in [1.54, 1.807) is 4.68 Å². The smallest absolute Gasteiger partial charge is 0.258 e. The summed E-state index contributed by atoms with van der Waals surface area (Å²) < 4.78 is 1.56. The van der Waals surface area contributed by atoms with Crippen molar-refractivity contribution in [3.63, 3.8) is 0 Å². The lowest BCUT2D eigenvalue weighted by molar-refractivity contribution is -0.384. The van der Waals surface area contributed by atoms with Gasteiger partial charge >= 0.3 is 5.69 Å².